The van der Waals surface area contributed by atoms with Crippen LogP contribution in [0, 0.1) is 5.41 Å². The van der Waals surface area contributed by atoms with Crippen molar-refractivity contribution in [1.29, 1.82) is 0 Å². The number of carboxylic acid groups (broad SMARTS) is 1. The van der Waals surface area contributed by atoms with Gasteiger partial charge in [-0.25, -0.2) is 8.42 Å². The number of carboxylic acids is 1. The molecule has 0 amide bonds. The van der Waals surface area contributed by atoms with Gasteiger partial charge >= 0.3 is 5.97 Å². The van der Waals surface area contributed by atoms with E-state index >= 15 is 0 Å². The fraction of sp³-hybridized carbons (Fsp3) is 0.500. The van der Waals surface area contributed by atoms with Crippen LogP contribution in [0.15, 0.2) is 27.9 Å². The molecular formula is C10H13NO5S. The molecule has 6 nitrogen and oxygen atoms in total. The van der Waals surface area contributed by atoms with Gasteiger partial charge in [0.15, 0.2) is 0 Å². The lowest BCUT2D eigenvalue weighted by Gasteiger charge is -2.18. The molecule has 1 N–H and O–H groups in total. The largest absolute Gasteiger partial charge is 0.481 e. The molecule has 2 heterocycles. The van der Waals surface area contributed by atoms with E-state index in [1.54, 1.807) is 6.92 Å². The van der Waals surface area contributed by atoms with Gasteiger partial charge in [0, 0.05) is 13.1 Å². The molecule has 1 aromatic heterocycles. The Morgan fingerprint density at radius 1 is 1.59 bits per heavy atom. The lowest BCUT2D eigenvalue weighted by atomic mass is 9.90. The van der Waals surface area contributed by atoms with Gasteiger partial charge in [-0.15, -0.1) is 0 Å². The van der Waals surface area contributed by atoms with E-state index in [-0.39, 0.29) is 18.2 Å². The summed E-state index contributed by atoms with van der Waals surface area (Å²) in [5, 5.41) is 8.90. The molecule has 1 saturated heterocycles. The van der Waals surface area contributed by atoms with E-state index in [0.29, 0.717) is 6.42 Å². The smallest absolute Gasteiger partial charge is 0.310 e. The number of nitrogens with zero attached hydrogens (tertiary/aromatic N) is 1. The average Bonchev–Trinajstić information content (AvgIpc) is 2.86. The highest BCUT2D eigenvalue weighted by molar-refractivity contribution is 7.89. The first-order chi connectivity index (χ1) is 7.86. The van der Waals surface area contributed by atoms with Crippen LogP contribution in [0.4, 0.5) is 0 Å². The Bertz CT molecular complexity index is 521. The van der Waals surface area contributed by atoms with E-state index in [1.165, 1.54) is 18.4 Å². The number of rotatable bonds is 3. The molecule has 1 aliphatic rings. The number of hydrogen-bond donors (Lipinski definition) is 1. The second kappa shape index (κ2) is 3.85. The van der Waals surface area contributed by atoms with Crippen molar-refractivity contribution in [1.82, 2.24) is 4.31 Å². The molecule has 0 spiro atoms. The maximum atomic E-state index is 12.0. The molecule has 2 rings (SSSR count). The summed E-state index contributed by atoms with van der Waals surface area (Å²) in [5.41, 5.74) is -1.01. The zero-order valence-corrected chi connectivity index (χ0v) is 10.1. The molecule has 1 atom stereocenters. The van der Waals surface area contributed by atoms with E-state index in [9.17, 15) is 13.2 Å². The van der Waals surface area contributed by atoms with Gasteiger partial charge in [0.1, 0.15) is 0 Å². The van der Waals surface area contributed by atoms with Gasteiger partial charge in [0.2, 0.25) is 5.09 Å². The van der Waals surface area contributed by atoms with Crippen molar-refractivity contribution in [3.05, 3.63) is 18.4 Å². The van der Waals surface area contributed by atoms with Gasteiger partial charge in [-0.05, 0) is 25.5 Å². The third-order valence-electron chi connectivity index (χ3n) is 3.04. The fourth-order valence-electron chi connectivity index (χ4n) is 1.84. The van der Waals surface area contributed by atoms with Crippen molar-refractivity contribution in [3.8, 4) is 0 Å². The summed E-state index contributed by atoms with van der Waals surface area (Å²) >= 11 is 0. The molecule has 0 aromatic carbocycles. The van der Waals surface area contributed by atoms with Crippen LogP contribution in [0.3, 0.4) is 0 Å². The lowest BCUT2D eigenvalue weighted by molar-refractivity contribution is -0.146. The zero-order valence-electron chi connectivity index (χ0n) is 9.29. The first-order valence-corrected chi connectivity index (χ1v) is 6.57. The van der Waals surface area contributed by atoms with Gasteiger partial charge in [-0.2, -0.15) is 4.31 Å². The zero-order chi connectivity index (χ0) is 12.7. The second-order valence-electron chi connectivity index (χ2n) is 4.39. The molecule has 1 aromatic rings. The first kappa shape index (κ1) is 12.1. The van der Waals surface area contributed by atoms with Crippen LogP contribution in [0.1, 0.15) is 13.3 Å². The molecule has 1 aliphatic heterocycles. The normalized spacial score (nSPS) is 26.2. The van der Waals surface area contributed by atoms with Crippen molar-refractivity contribution in [2.75, 3.05) is 13.1 Å². The van der Waals surface area contributed by atoms with Crippen molar-refractivity contribution < 1.29 is 22.7 Å². The Morgan fingerprint density at radius 2 is 2.29 bits per heavy atom. The molecule has 0 radical (unpaired) electrons. The minimum absolute atomic E-state index is 0.0225. The van der Waals surface area contributed by atoms with E-state index in [0.717, 1.165) is 4.31 Å². The summed E-state index contributed by atoms with van der Waals surface area (Å²) < 4.78 is 30.1. The summed E-state index contributed by atoms with van der Waals surface area (Å²) in [5.74, 6) is -0.977. The predicted molar refractivity (Wildman–Crippen MR) is 57.8 cm³/mol. The number of furan rings is 1. The summed E-state index contributed by atoms with van der Waals surface area (Å²) in [6.07, 6.45) is 1.58. The van der Waals surface area contributed by atoms with Crippen LogP contribution >= 0.6 is 0 Å². The quantitative estimate of drug-likeness (QED) is 0.866. The molecule has 7 heteroatoms. The Labute approximate surface area is 98.9 Å². The van der Waals surface area contributed by atoms with Crippen LogP contribution < -0.4 is 0 Å². The Balaban J connectivity index is 2.25. The first-order valence-electron chi connectivity index (χ1n) is 5.13. The summed E-state index contributed by atoms with van der Waals surface area (Å²) in [6, 6.07) is 2.84. The summed E-state index contributed by atoms with van der Waals surface area (Å²) in [6.45, 7) is 1.73. The molecule has 0 bridgehead atoms. The SMILES string of the molecule is CC1(C(=O)O)CCN(S(=O)(=O)c2ccco2)C1. The maximum absolute atomic E-state index is 12.0. The number of hydrogen-bond acceptors (Lipinski definition) is 4. The van der Waals surface area contributed by atoms with Gasteiger partial charge in [-0.3, -0.25) is 4.79 Å². The molecular weight excluding hydrogens is 246 g/mol. The topological polar surface area (TPSA) is 87.8 Å². The molecule has 1 fully saturated rings. The Kier molecular flexibility index (Phi) is 2.75. The number of aliphatic carboxylic acids is 1. The number of carbonyl (C=O) groups is 1. The van der Waals surface area contributed by atoms with Crippen molar-refractivity contribution in [3.63, 3.8) is 0 Å². The Hall–Kier alpha value is -1.34. The van der Waals surface area contributed by atoms with Crippen molar-refractivity contribution in [2.45, 2.75) is 18.4 Å². The van der Waals surface area contributed by atoms with Gasteiger partial charge in [0.25, 0.3) is 10.0 Å². The van der Waals surface area contributed by atoms with Crippen LogP contribution in [0.25, 0.3) is 0 Å². The highest BCUT2D eigenvalue weighted by Crippen LogP contribution is 2.33. The highest BCUT2D eigenvalue weighted by atomic mass is 32.2. The van der Waals surface area contributed by atoms with E-state index in [2.05, 4.69) is 0 Å². The minimum Gasteiger partial charge on any atom is -0.481 e. The van der Waals surface area contributed by atoms with Crippen LogP contribution in [-0.2, 0) is 14.8 Å². The molecule has 17 heavy (non-hydrogen) atoms. The average molecular weight is 259 g/mol. The standard InChI is InChI=1S/C10H13NO5S/c1-10(9(12)13)4-5-11(7-10)17(14,15)8-3-2-6-16-8/h2-3,6H,4-5,7H2,1H3,(H,12,13). The van der Waals surface area contributed by atoms with Crippen LogP contribution in [0.2, 0.25) is 0 Å². The fourth-order valence-corrected chi connectivity index (χ4v) is 3.30. The number of sulfonamides is 1. The highest BCUT2D eigenvalue weighted by Gasteiger charge is 2.45. The summed E-state index contributed by atoms with van der Waals surface area (Å²) in [4.78, 5) is 11.0. The van der Waals surface area contributed by atoms with Gasteiger partial charge in [0.05, 0.1) is 11.7 Å². The molecule has 1 unspecified atom stereocenters. The third kappa shape index (κ3) is 1.96. The van der Waals surface area contributed by atoms with Crippen LogP contribution in [-0.4, -0.2) is 36.9 Å². The van der Waals surface area contributed by atoms with Gasteiger partial charge < -0.3 is 9.52 Å². The summed E-state index contributed by atoms with van der Waals surface area (Å²) in [7, 11) is -3.70. The van der Waals surface area contributed by atoms with Crippen molar-refractivity contribution >= 4 is 16.0 Å². The minimum atomic E-state index is -3.70. The van der Waals surface area contributed by atoms with Gasteiger partial charge in [-0.1, -0.05) is 0 Å². The molecule has 94 valence electrons. The van der Waals surface area contributed by atoms with E-state index < -0.39 is 21.4 Å². The third-order valence-corrected chi connectivity index (χ3v) is 4.78. The monoisotopic (exact) mass is 259 g/mol. The predicted octanol–water partition coefficient (Wildman–Crippen LogP) is 0.765. The van der Waals surface area contributed by atoms with Crippen molar-refractivity contribution in [2.24, 2.45) is 5.41 Å². The second-order valence-corrected chi connectivity index (χ2v) is 6.26. The van der Waals surface area contributed by atoms with E-state index in [1.807, 2.05) is 0 Å². The Morgan fingerprint density at radius 3 is 2.76 bits per heavy atom. The van der Waals surface area contributed by atoms with Crippen LogP contribution in [0.5, 0.6) is 0 Å². The molecule has 0 aliphatic carbocycles. The molecule has 0 saturated carbocycles. The maximum Gasteiger partial charge on any atom is 0.310 e. The van der Waals surface area contributed by atoms with E-state index in [4.69, 9.17) is 9.52 Å². The lowest BCUT2D eigenvalue weighted by Crippen LogP contribution is -2.34.